The van der Waals surface area contributed by atoms with Gasteiger partial charge in [0.25, 0.3) is 0 Å². The Bertz CT molecular complexity index is 1290. The number of anilines is 1. The minimum absolute atomic E-state index is 0.0608. The summed E-state index contributed by atoms with van der Waals surface area (Å²) in [5, 5.41) is 0. The number of nitrogens with zero attached hydrogens (tertiary/aromatic N) is 4. The number of likely N-dealkylation sites (tertiary alicyclic amines) is 2. The molecule has 0 bridgehead atoms. The number of hydrogen-bond acceptors (Lipinski definition) is 6. The summed E-state index contributed by atoms with van der Waals surface area (Å²) in [5.41, 5.74) is 8.10. The molecule has 2 saturated heterocycles. The van der Waals surface area contributed by atoms with Crippen molar-refractivity contribution in [3.05, 3.63) is 47.2 Å². The van der Waals surface area contributed by atoms with Crippen LogP contribution in [0.5, 0.6) is 5.75 Å². The number of rotatable bonds is 5. The van der Waals surface area contributed by atoms with Crippen LogP contribution in [0.4, 0.5) is 23.2 Å². The first-order valence-corrected chi connectivity index (χ1v) is 12.2. The van der Waals surface area contributed by atoms with Gasteiger partial charge in [-0.25, -0.2) is 14.4 Å². The summed E-state index contributed by atoms with van der Waals surface area (Å²) in [7, 11) is 2.08. The third-order valence-electron chi connectivity index (χ3n) is 7.47. The molecule has 2 aliphatic rings. The Hall–Kier alpha value is -3.41. The number of fused-ring (bicyclic) bond motifs is 1. The van der Waals surface area contributed by atoms with E-state index in [1.807, 2.05) is 0 Å². The smallest absolute Gasteiger partial charge is 0.406 e. The van der Waals surface area contributed by atoms with Gasteiger partial charge < -0.3 is 25.3 Å². The molecule has 2 fully saturated rings. The number of nitrogens with two attached hydrogens (primary N) is 1. The highest BCUT2D eigenvalue weighted by atomic mass is 19.4. The SMILES string of the molecule is CN1CCC(c2nc3ncc(F)c(C4CCN(C=O)C(c5ccc(OC(F)(F)F)cc5N)C4)c3[nH]2)CC1. The Labute approximate surface area is 210 Å². The van der Waals surface area contributed by atoms with E-state index in [-0.39, 0.29) is 17.5 Å². The van der Waals surface area contributed by atoms with Gasteiger partial charge in [-0.1, -0.05) is 6.07 Å². The molecule has 2 aliphatic heterocycles. The van der Waals surface area contributed by atoms with E-state index < -0.39 is 24.0 Å². The predicted octanol–water partition coefficient (Wildman–Crippen LogP) is 4.46. The molecule has 0 spiro atoms. The van der Waals surface area contributed by atoms with Gasteiger partial charge in [-0.15, -0.1) is 13.2 Å². The van der Waals surface area contributed by atoms with E-state index in [1.165, 1.54) is 18.3 Å². The average molecular weight is 521 g/mol. The largest absolute Gasteiger partial charge is 0.573 e. The van der Waals surface area contributed by atoms with Gasteiger partial charge in [-0.2, -0.15) is 0 Å². The summed E-state index contributed by atoms with van der Waals surface area (Å²) in [6.07, 6.45) is -0.255. The van der Waals surface area contributed by atoms with Gasteiger partial charge in [0.05, 0.1) is 17.8 Å². The molecule has 0 saturated carbocycles. The molecule has 4 heterocycles. The maximum absolute atomic E-state index is 15.3. The molecule has 0 aliphatic carbocycles. The number of carbonyl (C=O) groups excluding carboxylic acids is 1. The summed E-state index contributed by atoms with van der Waals surface area (Å²) >= 11 is 0. The van der Waals surface area contributed by atoms with Crippen molar-refractivity contribution in [2.24, 2.45) is 0 Å². The number of piperidine rings is 2. The summed E-state index contributed by atoms with van der Waals surface area (Å²) in [4.78, 5) is 27.9. The molecule has 2 unspecified atom stereocenters. The van der Waals surface area contributed by atoms with Crippen molar-refractivity contribution in [1.82, 2.24) is 24.8 Å². The number of halogens is 4. The zero-order valence-electron chi connectivity index (χ0n) is 20.3. The number of pyridine rings is 1. The van der Waals surface area contributed by atoms with Gasteiger partial charge in [0, 0.05) is 29.8 Å². The molecule has 3 N–H and O–H groups in total. The van der Waals surface area contributed by atoms with Crippen molar-refractivity contribution in [3.63, 3.8) is 0 Å². The molecule has 0 radical (unpaired) electrons. The number of benzene rings is 1. The summed E-state index contributed by atoms with van der Waals surface area (Å²) < 4.78 is 57.1. The van der Waals surface area contributed by atoms with Crippen LogP contribution in [0.25, 0.3) is 11.2 Å². The fourth-order valence-electron chi connectivity index (χ4n) is 5.58. The lowest BCUT2D eigenvalue weighted by atomic mass is 9.82. The van der Waals surface area contributed by atoms with Gasteiger partial charge in [0.2, 0.25) is 6.41 Å². The number of aromatic nitrogens is 3. The zero-order valence-corrected chi connectivity index (χ0v) is 20.3. The molecule has 198 valence electrons. The number of aromatic amines is 1. The van der Waals surface area contributed by atoms with Crippen LogP contribution in [-0.4, -0.2) is 64.2 Å². The van der Waals surface area contributed by atoms with Gasteiger partial charge in [-0.3, -0.25) is 4.79 Å². The molecule has 37 heavy (non-hydrogen) atoms. The molecule has 1 aromatic carbocycles. The monoisotopic (exact) mass is 520 g/mol. The Balaban J connectivity index is 1.46. The Morgan fingerprint density at radius 3 is 2.57 bits per heavy atom. The zero-order chi connectivity index (χ0) is 26.3. The van der Waals surface area contributed by atoms with Crippen LogP contribution in [0, 0.1) is 5.82 Å². The number of ether oxygens (including phenoxy) is 1. The lowest BCUT2D eigenvalue weighted by molar-refractivity contribution is -0.274. The standard InChI is InChI=1S/C25H28F4N6O2/c1-34-7-4-14(5-8-34)23-32-22-21(18(26)12-31-24(22)33-23)15-6-9-35(13-36)20(10-15)17-3-2-16(11-19(17)30)37-25(27,28)29/h2-3,11-15,20H,4-10,30H2,1H3,(H,31,32,33). The van der Waals surface area contributed by atoms with E-state index in [4.69, 9.17) is 5.73 Å². The highest BCUT2D eigenvalue weighted by Crippen LogP contribution is 2.43. The number of imidazole rings is 1. The molecule has 8 nitrogen and oxygen atoms in total. The number of H-pyrrole nitrogens is 1. The van der Waals surface area contributed by atoms with Crippen molar-refractivity contribution in [3.8, 4) is 5.75 Å². The van der Waals surface area contributed by atoms with E-state index in [9.17, 15) is 18.0 Å². The number of alkyl halides is 3. The van der Waals surface area contributed by atoms with Crippen LogP contribution >= 0.6 is 0 Å². The van der Waals surface area contributed by atoms with E-state index in [0.717, 1.165) is 37.8 Å². The maximum atomic E-state index is 15.3. The number of nitrogen functional groups attached to an aromatic ring is 1. The number of nitrogens with one attached hydrogen (secondary N) is 1. The van der Waals surface area contributed by atoms with Gasteiger partial charge in [0.15, 0.2) is 5.65 Å². The Morgan fingerprint density at radius 2 is 1.89 bits per heavy atom. The van der Waals surface area contributed by atoms with Crippen LogP contribution in [0.3, 0.4) is 0 Å². The first-order chi connectivity index (χ1) is 17.6. The van der Waals surface area contributed by atoms with E-state index >= 15 is 4.39 Å². The highest BCUT2D eigenvalue weighted by Gasteiger charge is 2.35. The first-order valence-electron chi connectivity index (χ1n) is 12.2. The van der Waals surface area contributed by atoms with Crippen molar-refractivity contribution in [2.75, 3.05) is 32.4 Å². The second-order valence-electron chi connectivity index (χ2n) is 9.84. The maximum Gasteiger partial charge on any atom is 0.573 e. The lowest BCUT2D eigenvalue weighted by Gasteiger charge is -2.38. The first kappa shape index (κ1) is 25.2. The van der Waals surface area contributed by atoms with E-state index in [2.05, 4.69) is 31.6 Å². The van der Waals surface area contributed by atoms with Crippen molar-refractivity contribution in [1.29, 1.82) is 0 Å². The molecular weight excluding hydrogens is 492 g/mol. The van der Waals surface area contributed by atoms with Crippen molar-refractivity contribution >= 4 is 23.3 Å². The van der Waals surface area contributed by atoms with E-state index in [1.54, 1.807) is 4.90 Å². The minimum atomic E-state index is -4.85. The van der Waals surface area contributed by atoms with Crippen LogP contribution in [0.2, 0.25) is 0 Å². The van der Waals surface area contributed by atoms with Crippen molar-refractivity contribution < 1.29 is 27.1 Å². The number of amides is 1. The van der Waals surface area contributed by atoms with Gasteiger partial charge in [-0.05, 0) is 63.4 Å². The van der Waals surface area contributed by atoms with Gasteiger partial charge in [0.1, 0.15) is 17.4 Å². The Morgan fingerprint density at radius 1 is 1.16 bits per heavy atom. The molecule has 2 atom stereocenters. The number of carbonyl (C=O) groups is 1. The second kappa shape index (κ2) is 9.81. The second-order valence-corrected chi connectivity index (χ2v) is 9.84. The lowest BCUT2D eigenvalue weighted by Crippen LogP contribution is -2.36. The minimum Gasteiger partial charge on any atom is -0.406 e. The molecule has 2 aromatic heterocycles. The summed E-state index contributed by atoms with van der Waals surface area (Å²) in [6.45, 7) is 2.24. The Kier molecular flexibility index (Phi) is 6.69. The molecular formula is C25H28F4N6O2. The van der Waals surface area contributed by atoms with Crippen LogP contribution < -0.4 is 10.5 Å². The third kappa shape index (κ3) is 5.20. The predicted molar refractivity (Wildman–Crippen MR) is 128 cm³/mol. The van der Waals surface area contributed by atoms with Gasteiger partial charge >= 0.3 is 6.36 Å². The van der Waals surface area contributed by atoms with Crippen LogP contribution in [0.15, 0.2) is 24.4 Å². The summed E-state index contributed by atoms with van der Waals surface area (Å²) in [6, 6.07) is 3.13. The summed E-state index contributed by atoms with van der Waals surface area (Å²) in [5.74, 6) is -0.157. The molecule has 3 aromatic rings. The molecule has 1 amide bonds. The fraction of sp³-hybridized carbons (Fsp3) is 0.480. The highest BCUT2D eigenvalue weighted by molar-refractivity contribution is 5.76. The normalized spacial score (nSPS) is 21.9. The topological polar surface area (TPSA) is 100 Å². The van der Waals surface area contributed by atoms with Crippen molar-refractivity contribution in [2.45, 2.75) is 49.9 Å². The quantitative estimate of drug-likeness (QED) is 0.293. The molecule has 12 heteroatoms. The fourth-order valence-corrected chi connectivity index (χ4v) is 5.58. The van der Waals surface area contributed by atoms with Crippen LogP contribution in [0.1, 0.15) is 60.5 Å². The number of hydrogen-bond donors (Lipinski definition) is 2. The average Bonchev–Trinajstić information content (AvgIpc) is 3.27. The van der Waals surface area contributed by atoms with E-state index in [0.29, 0.717) is 48.1 Å². The van der Waals surface area contributed by atoms with Crippen LogP contribution in [-0.2, 0) is 4.79 Å². The third-order valence-corrected chi connectivity index (χ3v) is 7.47. The molecule has 5 rings (SSSR count).